The SMILES string of the molecule is CCOC(=O)c1ccc(N2CCN(c3ccc(OC[C@@H]4CO[C@@](Cn5cncn5)(c5ccc(F)cc5F)C4)c(C)c3)CC2)cc1. The van der Waals surface area contributed by atoms with Crippen molar-refractivity contribution in [3.8, 4) is 5.75 Å². The van der Waals surface area contributed by atoms with Gasteiger partial charge in [-0.1, -0.05) is 6.07 Å². The maximum atomic E-state index is 15.0. The van der Waals surface area contributed by atoms with Gasteiger partial charge in [0.05, 0.1) is 31.9 Å². The molecule has 2 atom stereocenters. The van der Waals surface area contributed by atoms with Gasteiger partial charge in [-0.3, -0.25) is 0 Å². The molecule has 0 unspecified atom stereocenters. The summed E-state index contributed by atoms with van der Waals surface area (Å²) < 4.78 is 47.9. The Morgan fingerprint density at radius 1 is 1.00 bits per heavy atom. The van der Waals surface area contributed by atoms with Crippen LogP contribution in [-0.2, 0) is 21.6 Å². The maximum Gasteiger partial charge on any atom is 0.338 e. The Hall–Kier alpha value is -4.51. The third kappa shape index (κ3) is 6.78. The number of aryl methyl sites for hydroxylation is 1. The van der Waals surface area contributed by atoms with Gasteiger partial charge in [-0.05, 0) is 74.4 Å². The molecule has 0 amide bonds. The van der Waals surface area contributed by atoms with Gasteiger partial charge in [-0.15, -0.1) is 0 Å². The Morgan fingerprint density at radius 2 is 1.73 bits per heavy atom. The number of aromatic nitrogens is 3. The van der Waals surface area contributed by atoms with Crippen LogP contribution >= 0.6 is 0 Å². The lowest BCUT2D eigenvalue weighted by molar-refractivity contribution is -0.0206. The Labute approximate surface area is 261 Å². The van der Waals surface area contributed by atoms with Gasteiger partial charge in [-0.25, -0.2) is 23.2 Å². The Balaban J connectivity index is 1.05. The second-order valence-corrected chi connectivity index (χ2v) is 11.6. The van der Waals surface area contributed by atoms with Crippen molar-refractivity contribution in [1.82, 2.24) is 14.8 Å². The van der Waals surface area contributed by atoms with Crippen molar-refractivity contribution >= 4 is 17.3 Å². The molecule has 0 radical (unpaired) electrons. The molecule has 2 saturated heterocycles. The van der Waals surface area contributed by atoms with Crippen LogP contribution in [0.15, 0.2) is 73.3 Å². The average molecular weight is 618 g/mol. The molecule has 1 aromatic heterocycles. The van der Waals surface area contributed by atoms with Crippen LogP contribution in [0.4, 0.5) is 20.2 Å². The lowest BCUT2D eigenvalue weighted by atomic mass is 9.87. The van der Waals surface area contributed by atoms with Gasteiger partial charge in [0, 0.05) is 55.1 Å². The van der Waals surface area contributed by atoms with Gasteiger partial charge in [0.25, 0.3) is 0 Å². The van der Waals surface area contributed by atoms with Crippen LogP contribution < -0.4 is 14.5 Å². The number of halogens is 2. The second-order valence-electron chi connectivity index (χ2n) is 11.6. The molecule has 4 aromatic rings. The van der Waals surface area contributed by atoms with Crippen LogP contribution in [0, 0.1) is 24.5 Å². The van der Waals surface area contributed by atoms with E-state index in [9.17, 15) is 13.6 Å². The molecule has 9 nitrogen and oxygen atoms in total. The van der Waals surface area contributed by atoms with Crippen LogP contribution in [0.5, 0.6) is 5.75 Å². The molecule has 45 heavy (non-hydrogen) atoms. The van der Waals surface area contributed by atoms with Crippen LogP contribution in [-0.4, -0.2) is 66.7 Å². The van der Waals surface area contributed by atoms with Crippen LogP contribution in [0.1, 0.15) is 34.8 Å². The van der Waals surface area contributed by atoms with Crippen LogP contribution in [0.25, 0.3) is 0 Å². The summed E-state index contributed by atoms with van der Waals surface area (Å²) in [6.45, 7) is 8.69. The summed E-state index contributed by atoms with van der Waals surface area (Å²) in [5.41, 5.74) is 3.11. The molecular weight excluding hydrogens is 580 g/mol. The number of rotatable bonds is 10. The molecule has 11 heteroatoms. The van der Waals surface area contributed by atoms with Crippen molar-refractivity contribution in [3.63, 3.8) is 0 Å². The predicted molar refractivity (Wildman–Crippen MR) is 166 cm³/mol. The zero-order valence-corrected chi connectivity index (χ0v) is 25.5. The highest BCUT2D eigenvalue weighted by Crippen LogP contribution is 2.42. The predicted octanol–water partition coefficient (Wildman–Crippen LogP) is 5.38. The van der Waals surface area contributed by atoms with E-state index in [0.29, 0.717) is 37.4 Å². The summed E-state index contributed by atoms with van der Waals surface area (Å²) in [4.78, 5) is 20.6. The number of hydrogen-bond acceptors (Lipinski definition) is 8. The number of carbonyl (C=O) groups excluding carboxylic acids is 1. The van der Waals surface area contributed by atoms with Gasteiger partial charge >= 0.3 is 5.97 Å². The lowest BCUT2D eigenvalue weighted by Gasteiger charge is -2.37. The van der Waals surface area contributed by atoms with Crippen LogP contribution in [0.3, 0.4) is 0 Å². The third-order valence-electron chi connectivity index (χ3n) is 8.54. The molecule has 0 saturated carbocycles. The lowest BCUT2D eigenvalue weighted by Crippen LogP contribution is -2.46. The van der Waals surface area contributed by atoms with E-state index in [2.05, 4.69) is 32.0 Å². The minimum atomic E-state index is -1.01. The van der Waals surface area contributed by atoms with Crippen LogP contribution in [0.2, 0.25) is 0 Å². The number of benzene rings is 3. The number of nitrogens with zero attached hydrogens (tertiary/aromatic N) is 5. The first-order valence-corrected chi connectivity index (χ1v) is 15.3. The molecule has 3 aromatic carbocycles. The smallest absolute Gasteiger partial charge is 0.338 e. The fraction of sp³-hybridized carbons (Fsp3) is 0.382. The molecule has 236 valence electrons. The number of ether oxygens (including phenoxy) is 3. The highest BCUT2D eigenvalue weighted by atomic mass is 19.1. The van der Waals surface area contributed by atoms with Crippen molar-refractivity contribution < 1.29 is 27.8 Å². The van der Waals surface area contributed by atoms with E-state index in [1.807, 2.05) is 37.3 Å². The second kappa shape index (κ2) is 13.2. The number of esters is 1. The highest BCUT2D eigenvalue weighted by molar-refractivity contribution is 5.89. The molecule has 2 aliphatic rings. The van der Waals surface area contributed by atoms with E-state index in [1.165, 1.54) is 18.5 Å². The number of carbonyl (C=O) groups is 1. The molecule has 2 fully saturated rings. The van der Waals surface area contributed by atoms with E-state index in [0.717, 1.165) is 54.9 Å². The largest absolute Gasteiger partial charge is 0.493 e. The standard InChI is InChI=1S/C34H37F2N5O4/c1-3-43-33(42)26-4-7-28(8-5-26)39-12-14-40(15-13-39)29-9-11-32(24(2)16-29)44-19-25-18-34(45-20-25,21-41-23-37-22-38-41)30-10-6-27(35)17-31(30)36/h4-11,16-17,22-23,25H,3,12-15,18-21H2,1-2H3/t25-,34+/m1/s1. The van der Waals surface area contributed by atoms with E-state index in [1.54, 1.807) is 17.9 Å². The fourth-order valence-corrected chi connectivity index (χ4v) is 6.23. The normalized spacial score (nSPS) is 20.0. The first-order valence-electron chi connectivity index (χ1n) is 15.3. The minimum Gasteiger partial charge on any atom is -0.493 e. The monoisotopic (exact) mass is 617 g/mol. The summed E-state index contributed by atoms with van der Waals surface area (Å²) in [7, 11) is 0. The highest BCUT2D eigenvalue weighted by Gasteiger charge is 2.44. The summed E-state index contributed by atoms with van der Waals surface area (Å²) in [6.07, 6.45) is 3.47. The molecule has 0 bridgehead atoms. The Kier molecular flexibility index (Phi) is 8.97. The fourth-order valence-electron chi connectivity index (χ4n) is 6.23. The molecule has 0 aliphatic carbocycles. The van der Waals surface area contributed by atoms with Gasteiger partial charge in [0.15, 0.2) is 0 Å². The summed E-state index contributed by atoms with van der Waals surface area (Å²) in [5.74, 6) is -0.786. The molecule has 0 spiro atoms. The van der Waals surface area contributed by atoms with Crippen molar-refractivity contribution in [2.45, 2.75) is 32.4 Å². The summed E-state index contributed by atoms with van der Waals surface area (Å²) in [5, 5.41) is 4.18. The van der Waals surface area contributed by atoms with Crippen molar-refractivity contribution in [1.29, 1.82) is 0 Å². The molecule has 0 N–H and O–H groups in total. The average Bonchev–Trinajstić information content (AvgIpc) is 3.71. The third-order valence-corrected chi connectivity index (χ3v) is 8.54. The van der Waals surface area contributed by atoms with Crippen molar-refractivity contribution in [3.05, 3.63) is 102 Å². The molecular formula is C34H37F2N5O4. The van der Waals surface area contributed by atoms with Gasteiger partial charge < -0.3 is 24.0 Å². The van der Waals surface area contributed by atoms with E-state index < -0.39 is 17.2 Å². The number of anilines is 2. The molecule has 2 aliphatic heterocycles. The Bertz CT molecular complexity index is 1610. The zero-order chi connectivity index (χ0) is 31.4. The summed E-state index contributed by atoms with van der Waals surface area (Å²) in [6, 6.07) is 17.4. The zero-order valence-electron chi connectivity index (χ0n) is 25.5. The van der Waals surface area contributed by atoms with Gasteiger partial charge in [0.2, 0.25) is 0 Å². The number of piperazine rings is 1. The minimum absolute atomic E-state index is 0.00325. The first kappa shape index (κ1) is 30.5. The van der Waals surface area contributed by atoms with Crippen molar-refractivity contribution in [2.24, 2.45) is 5.92 Å². The van der Waals surface area contributed by atoms with E-state index in [-0.39, 0.29) is 18.4 Å². The van der Waals surface area contributed by atoms with E-state index >= 15 is 0 Å². The quantitative estimate of drug-likeness (QED) is 0.220. The molecule has 3 heterocycles. The topological polar surface area (TPSA) is 82.0 Å². The van der Waals surface area contributed by atoms with Gasteiger partial charge in [-0.2, -0.15) is 5.10 Å². The van der Waals surface area contributed by atoms with Gasteiger partial charge in [0.1, 0.15) is 35.6 Å². The summed E-state index contributed by atoms with van der Waals surface area (Å²) >= 11 is 0. The first-order chi connectivity index (χ1) is 21.8. The number of hydrogen-bond donors (Lipinski definition) is 0. The maximum absolute atomic E-state index is 15.0. The van der Waals surface area contributed by atoms with Crippen molar-refractivity contribution in [2.75, 3.05) is 55.8 Å². The Morgan fingerprint density at radius 3 is 2.40 bits per heavy atom. The molecule has 6 rings (SSSR count). The van der Waals surface area contributed by atoms with E-state index in [4.69, 9.17) is 14.2 Å².